The van der Waals surface area contributed by atoms with Crippen molar-refractivity contribution in [1.29, 1.82) is 0 Å². The standard InChI is InChI=1S/C17H28N4O3/c1-23-13-7-18-17(22)19-15-3-5-16(6-4-15)21-10-8-20(9-11-21)12-14-24-2/h3-6H,7-14H2,1-2H3,(H2,18,19,22). The van der Waals surface area contributed by atoms with Crippen molar-refractivity contribution in [3.05, 3.63) is 24.3 Å². The number of rotatable bonds is 8. The highest BCUT2D eigenvalue weighted by molar-refractivity contribution is 5.89. The summed E-state index contributed by atoms with van der Waals surface area (Å²) in [7, 11) is 3.35. The number of nitrogens with zero attached hydrogens (tertiary/aromatic N) is 2. The normalized spacial score (nSPS) is 15.3. The van der Waals surface area contributed by atoms with E-state index >= 15 is 0 Å². The SMILES string of the molecule is COCCNC(=O)Nc1ccc(N2CCN(CCOC)CC2)cc1. The fourth-order valence-electron chi connectivity index (χ4n) is 2.65. The second-order valence-electron chi connectivity index (χ2n) is 5.74. The van der Waals surface area contributed by atoms with Gasteiger partial charge in [0.05, 0.1) is 13.2 Å². The van der Waals surface area contributed by atoms with E-state index in [0.29, 0.717) is 13.2 Å². The number of carbonyl (C=O) groups excluding carboxylic acids is 1. The molecule has 0 aliphatic carbocycles. The number of hydrogen-bond donors (Lipinski definition) is 2. The first-order valence-electron chi connectivity index (χ1n) is 8.33. The van der Waals surface area contributed by atoms with Crippen LogP contribution in [0.2, 0.25) is 0 Å². The van der Waals surface area contributed by atoms with Gasteiger partial charge in [0, 0.05) is 64.9 Å². The van der Waals surface area contributed by atoms with Crippen molar-refractivity contribution in [2.75, 3.05) is 76.9 Å². The van der Waals surface area contributed by atoms with Crippen LogP contribution in [0, 0.1) is 0 Å². The van der Waals surface area contributed by atoms with Crippen LogP contribution in [0.1, 0.15) is 0 Å². The van der Waals surface area contributed by atoms with Crippen LogP contribution in [-0.4, -0.2) is 77.6 Å². The predicted molar refractivity (Wildman–Crippen MR) is 95.9 cm³/mol. The lowest BCUT2D eigenvalue weighted by Gasteiger charge is -2.36. The van der Waals surface area contributed by atoms with Crippen molar-refractivity contribution in [2.45, 2.75) is 0 Å². The van der Waals surface area contributed by atoms with Crippen LogP contribution in [-0.2, 0) is 9.47 Å². The van der Waals surface area contributed by atoms with Crippen LogP contribution >= 0.6 is 0 Å². The molecule has 1 heterocycles. The van der Waals surface area contributed by atoms with Gasteiger partial charge in [0.1, 0.15) is 0 Å². The van der Waals surface area contributed by atoms with E-state index in [9.17, 15) is 4.79 Å². The molecule has 0 aromatic heterocycles. The number of benzene rings is 1. The average Bonchev–Trinajstić information content (AvgIpc) is 2.61. The first-order valence-corrected chi connectivity index (χ1v) is 8.33. The molecular weight excluding hydrogens is 308 g/mol. The highest BCUT2D eigenvalue weighted by Crippen LogP contribution is 2.19. The van der Waals surface area contributed by atoms with Crippen LogP contribution in [0.5, 0.6) is 0 Å². The molecule has 0 spiro atoms. The molecule has 1 saturated heterocycles. The summed E-state index contributed by atoms with van der Waals surface area (Å²) in [6.45, 7) is 6.88. The number of urea groups is 1. The van der Waals surface area contributed by atoms with Gasteiger partial charge >= 0.3 is 6.03 Å². The van der Waals surface area contributed by atoms with Crippen molar-refractivity contribution in [2.24, 2.45) is 0 Å². The van der Waals surface area contributed by atoms with E-state index in [1.807, 2.05) is 12.1 Å². The van der Waals surface area contributed by atoms with Gasteiger partial charge in [-0.05, 0) is 24.3 Å². The maximum atomic E-state index is 11.7. The van der Waals surface area contributed by atoms with Crippen molar-refractivity contribution >= 4 is 17.4 Å². The molecule has 0 bridgehead atoms. The Kier molecular flexibility index (Phi) is 7.81. The molecule has 1 fully saturated rings. The van der Waals surface area contributed by atoms with Crippen LogP contribution in [0.3, 0.4) is 0 Å². The Bertz CT molecular complexity index is 487. The molecule has 7 heteroatoms. The third-order valence-electron chi connectivity index (χ3n) is 4.07. The summed E-state index contributed by atoms with van der Waals surface area (Å²) in [5.41, 5.74) is 1.97. The van der Waals surface area contributed by atoms with Gasteiger partial charge < -0.3 is 25.0 Å². The molecule has 1 aromatic carbocycles. The van der Waals surface area contributed by atoms with Gasteiger partial charge in [-0.15, -0.1) is 0 Å². The monoisotopic (exact) mass is 336 g/mol. The van der Waals surface area contributed by atoms with Crippen molar-refractivity contribution < 1.29 is 14.3 Å². The maximum Gasteiger partial charge on any atom is 0.319 e. The Hall–Kier alpha value is -1.83. The first-order chi connectivity index (χ1) is 11.7. The summed E-state index contributed by atoms with van der Waals surface area (Å²) in [6.07, 6.45) is 0. The molecule has 24 heavy (non-hydrogen) atoms. The molecule has 2 rings (SSSR count). The smallest absolute Gasteiger partial charge is 0.319 e. The summed E-state index contributed by atoms with van der Waals surface area (Å²) >= 11 is 0. The number of amides is 2. The summed E-state index contributed by atoms with van der Waals surface area (Å²) in [4.78, 5) is 16.5. The van der Waals surface area contributed by atoms with E-state index in [4.69, 9.17) is 9.47 Å². The van der Waals surface area contributed by atoms with Gasteiger partial charge in [-0.1, -0.05) is 0 Å². The Balaban J connectivity index is 1.77. The highest BCUT2D eigenvalue weighted by Gasteiger charge is 2.16. The fourth-order valence-corrected chi connectivity index (χ4v) is 2.65. The van der Waals surface area contributed by atoms with Crippen molar-refractivity contribution in [3.63, 3.8) is 0 Å². The summed E-state index contributed by atoms with van der Waals surface area (Å²) < 4.78 is 10.0. The second kappa shape index (κ2) is 10.1. The number of methoxy groups -OCH3 is 2. The van der Waals surface area contributed by atoms with E-state index in [1.54, 1.807) is 14.2 Å². The van der Waals surface area contributed by atoms with E-state index < -0.39 is 0 Å². The molecule has 0 saturated carbocycles. The number of carbonyl (C=O) groups is 1. The van der Waals surface area contributed by atoms with Gasteiger partial charge in [-0.3, -0.25) is 4.90 Å². The number of nitrogens with one attached hydrogen (secondary N) is 2. The third kappa shape index (κ3) is 5.99. The van der Waals surface area contributed by atoms with Gasteiger partial charge in [-0.2, -0.15) is 0 Å². The second-order valence-corrected chi connectivity index (χ2v) is 5.74. The van der Waals surface area contributed by atoms with Gasteiger partial charge in [0.15, 0.2) is 0 Å². The molecule has 1 aromatic rings. The topological polar surface area (TPSA) is 66.1 Å². The van der Waals surface area contributed by atoms with Crippen molar-refractivity contribution in [1.82, 2.24) is 10.2 Å². The molecule has 2 N–H and O–H groups in total. The quantitative estimate of drug-likeness (QED) is 0.699. The molecule has 1 aliphatic heterocycles. The van der Waals surface area contributed by atoms with Crippen LogP contribution in [0.15, 0.2) is 24.3 Å². The lowest BCUT2D eigenvalue weighted by molar-refractivity contribution is 0.144. The van der Waals surface area contributed by atoms with Crippen LogP contribution < -0.4 is 15.5 Å². The van der Waals surface area contributed by atoms with Crippen molar-refractivity contribution in [3.8, 4) is 0 Å². The minimum Gasteiger partial charge on any atom is -0.383 e. The van der Waals surface area contributed by atoms with Crippen LogP contribution in [0.4, 0.5) is 16.2 Å². The number of anilines is 2. The molecular formula is C17H28N4O3. The molecule has 1 aliphatic rings. The minimum atomic E-state index is -0.216. The summed E-state index contributed by atoms with van der Waals surface area (Å²) in [6, 6.07) is 7.75. The van der Waals surface area contributed by atoms with Crippen LogP contribution in [0.25, 0.3) is 0 Å². The largest absolute Gasteiger partial charge is 0.383 e. The molecule has 2 amide bonds. The average molecular weight is 336 g/mol. The Morgan fingerprint density at radius 3 is 2.33 bits per heavy atom. The first kappa shape index (κ1) is 18.5. The minimum absolute atomic E-state index is 0.216. The Labute approximate surface area is 143 Å². The number of piperazine rings is 1. The molecule has 0 atom stereocenters. The predicted octanol–water partition coefficient (Wildman–Crippen LogP) is 1.22. The molecule has 0 unspecified atom stereocenters. The number of hydrogen-bond acceptors (Lipinski definition) is 5. The summed E-state index contributed by atoms with van der Waals surface area (Å²) in [5, 5.41) is 5.55. The van der Waals surface area contributed by atoms with Gasteiger partial charge in [-0.25, -0.2) is 4.79 Å². The van der Waals surface area contributed by atoms with Gasteiger partial charge in [0.25, 0.3) is 0 Å². The zero-order valence-electron chi connectivity index (χ0n) is 14.6. The maximum absolute atomic E-state index is 11.7. The third-order valence-corrected chi connectivity index (χ3v) is 4.07. The highest BCUT2D eigenvalue weighted by atomic mass is 16.5. The number of ether oxygens (including phenoxy) is 2. The molecule has 134 valence electrons. The van der Waals surface area contributed by atoms with Gasteiger partial charge in [0.2, 0.25) is 0 Å². The molecule has 7 nitrogen and oxygen atoms in total. The summed E-state index contributed by atoms with van der Waals surface area (Å²) in [5.74, 6) is 0. The zero-order chi connectivity index (χ0) is 17.2. The zero-order valence-corrected chi connectivity index (χ0v) is 14.6. The van der Waals surface area contributed by atoms with E-state index in [0.717, 1.165) is 45.0 Å². The lowest BCUT2D eigenvalue weighted by Crippen LogP contribution is -2.47. The van der Waals surface area contributed by atoms with E-state index in [1.165, 1.54) is 5.69 Å². The van der Waals surface area contributed by atoms with E-state index in [2.05, 4.69) is 32.6 Å². The lowest BCUT2D eigenvalue weighted by atomic mass is 10.2. The fraction of sp³-hybridized carbons (Fsp3) is 0.588. The Morgan fingerprint density at radius 2 is 1.71 bits per heavy atom. The van der Waals surface area contributed by atoms with E-state index in [-0.39, 0.29) is 6.03 Å². The molecule has 0 radical (unpaired) electrons. The Morgan fingerprint density at radius 1 is 1.04 bits per heavy atom.